The number of hydrogen-bond donors (Lipinski definition) is 3. The number of fused-ring (bicyclic) bond motifs is 1. The molecule has 3 N–H and O–H groups in total. The molecule has 1 saturated heterocycles. The third kappa shape index (κ3) is 4.77. The van der Waals surface area contributed by atoms with E-state index in [1.54, 1.807) is 30.3 Å². The Balaban J connectivity index is 1.28. The number of rotatable bonds is 6. The second kappa shape index (κ2) is 9.76. The van der Waals surface area contributed by atoms with Gasteiger partial charge in [-0.3, -0.25) is 14.7 Å². The molecule has 0 radical (unpaired) electrons. The first kappa shape index (κ1) is 21.7. The zero-order valence-corrected chi connectivity index (χ0v) is 18.6. The first-order chi connectivity index (χ1) is 16.7. The van der Waals surface area contributed by atoms with Gasteiger partial charge in [0, 0.05) is 41.8 Å². The highest BCUT2D eigenvalue weighted by molar-refractivity contribution is 6.09. The Labute approximate surface area is 196 Å². The van der Waals surface area contributed by atoms with Crippen molar-refractivity contribution in [3.05, 3.63) is 89.5 Å². The molecule has 1 fully saturated rings. The number of morpholine rings is 1. The fraction of sp³-hybridized carbons (Fsp3) is 0.192. The molecule has 34 heavy (non-hydrogen) atoms. The molecule has 0 unspecified atom stereocenters. The molecule has 5 rings (SSSR count). The number of ether oxygens (including phenoxy) is 1. The predicted molar refractivity (Wildman–Crippen MR) is 131 cm³/mol. The van der Waals surface area contributed by atoms with Gasteiger partial charge < -0.3 is 20.3 Å². The van der Waals surface area contributed by atoms with Crippen LogP contribution in [0.4, 0.5) is 11.5 Å². The van der Waals surface area contributed by atoms with Gasteiger partial charge in [-0.05, 0) is 48.0 Å². The average molecular weight is 456 g/mol. The molecule has 172 valence electrons. The summed E-state index contributed by atoms with van der Waals surface area (Å²) in [6.07, 6.45) is 0. The van der Waals surface area contributed by atoms with Crippen molar-refractivity contribution >= 4 is 34.2 Å². The Bertz CT molecular complexity index is 1300. The predicted octanol–water partition coefficient (Wildman–Crippen LogP) is 3.58. The quantitative estimate of drug-likeness (QED) is 0.413. The van der Waals surface area contributed by atoms with Crippen LogP contribution in [0.25, 0.3) is 10.9 Å². The van der Waals surface area contributed by atoms with Crippen molar-refractivity contribution in [2.24, 2.45) is 0 Å². The standard InChI is InChI=1S/C26H25N5O3/c32-25(27-17-18-4-2-1-3-5-18)20-8-11-23-22(16-20)24(30-29-23)28-26(33)19-6-9-21(10-7-19)31-12-14-34-15-13-31/h1-11,16H,12-15,17H2,(H,27,32)(H2,28,29,30,33). The molecule has 1 aliphatic rings. The van der Waals surface area contributed by atoms with E-state index in [-0.39, 0.29) is 11.8 Å². The minimum absolute atomic E-state index is 0.192. The van der Waals surface area contributed by atoms with E-state index in [0.717, 1.165) is 29.9 Å². The number of hydrogen-bond acceptors (Lipinski definition) is 5. The largest absolute Gasteiger partial charge is 0.378 e. The Morgan fingerprint density at radius 3 is 2.41 bits per heavy atom. The molecule has 2 heterocycles. The summed E-state index contributed by atoms with van der Waals surface area (Å²) in [6, 6.07) is 22.5. The topological polar surface area (TPSA) is 99.3 Å². The Morgan fingerprint density at radius 1 is 0.912 bits per heavy atom. The molecule has 3 aromatic carbocycles. The van der Waals surface area contributed by atoms with Gasteiger partial charge in [-0.15, -0.1) is 0 Å². The molecule has 0 saturated carbocycles. The van der Waals surface area contributed by atoms with Gasteiger partial charge in [-0.25, -0.2) is 0 Å². The SMILES string of the molecule is O=C(NCc1ccccc1)c1ccc2[nH]nc(NC(=O)c3ccc(N4CCOCC4)cc3)c2c1. The maximum atomic E-state index is 12.8. The molecule has 8 nitrogen and oxygen atoms in total. The van der Waals surface area contributed by atoms with Crippen molar-refractivity contribution < 1.29 is 14.3 Å². The molecular formula is C26H25N5O3. The van der Waals surface area contributed by atoms with Crippen molar-refractivity contribution in [2.75, 3.05) is 36.5 Å². The summed E-state index contributed by atoms with van der Waals surface area (Å²) in [5.74, 6) is -0.0706. The van der Waals surface area contributed by atoms with Gasteiger partial charge in [0.05, 0.1) is 18.7 Å². The maximum absolute atomic E-state index is 12.8. The highest BCUT2D eigenvalue weighted by Crippen LogP contribution is 2.23. The Kier molecular flexibility index (Phi) is 6.22. The number of nitrogens with zero attached hydrogens (tertiary/aromatic N) is 2. The van der Waals surface area contributed by atoms with Crippen molar-refractivity contribution in [3.8, 4) is 0 Å². The van der Waals surface area contributed by atoms with Crippen LogP contribution in [0.3, 0.4) is 0 Å². The number of amides is 2. The maximum Gasteiger partial charge on any atom is 0.256 e. The third-order valence-corrected chi connectivity index (χ3v) is 5.86. The molecule has 0 spiro atoms. The first-order valence-corrected chi connectivity index (χ1v) is 11.2. The number of nitrogens with one attached hydrogen (secondary N) is 3. The summed E-state index contributed by atoms with van der Waals surface area (Å²) in [4.78, 5) is 27.7. The van der Waals surface area contributed by atoms with Crippen LogP contribution in [0.5, 0.6) is 0 Å². The van der Waals surface area contributed by atoms with Crippen molar-refractivity contribution in [1.82, 2.24) is 15.5 Å². The van der Waals surface area contributed by atoms with Crippen LogP contribution in [0, 0.1) is 0 Å². The summed E-state index contributed by atoms with van der Waals surface area (Å²) in [6.45, 7) is 3.53. The van der Waals surface area contributed by atoms with E-state index in [0.29, 0.717) is 42.1 Å². The summed E-state index contributed by atoms with van der Waals surface area (Å²) in [7, 11) is 0. The zero-order chi connectivity index (χ0) is 23.3. The van der Waals surface area contributed by atoms with Gasteiger partial charge in [0.2, 0.25) is 0 Å². The normalized spacial score (nSPS) is 13.6. The van der Waals surface area contributed by atoms with Crippen LogP contribution in [0.15, 0.2) is 72.8 Å². The van der Waals surface area contributed by atoms with Crippen molar-refractivity contribution in [3.63, 3.8) is 0 Å². The van der Waals surface area contributed by atoms with E-state index in [9.17, 15) is 9.59 Å². The van der Waals surface area contributed by atoms with Gasteiger partial charge in [0.25, 0.3) is 11.8 Å². The zero-order valence-electron chi connectivity index (χ0n) is 18.6. The van der Waals surface area contributed by atoms with E-state index in [4.69, 9.17) is 4.74 Å². The van der Waals surface area contributed by atoms with Crippen molar-refractivity contribution in [2.45, 2.75) is 6.54 Å². The van der Waals surface area contributed by atoms with Crippen molar-refractivity contribution in [1.29, 1.82) is 0 Å². The molecule has 1 aliphatic heterocycles. The van der Waals surface area contributed by atoms with E-state index >= 15 is 0 Å². The lowest BCUT2D eigenvalue weighted by Crippen LogP contribution is -2.36. The minimum atomic E-state index is -0.263. The number of aromatic amines is 1. The lowest BCUT2D eigenvalue weighted by atomic mass is 10.1. The third-order valence-electron chi connectivity index (χ3n) is 5.86. The molecule has 2 amide bonds. The van der Waals surface area contributed by atoms with Crippen LogP contribution in [0.2, 0.25) is 0 Å². The number of carbonyl (C=O) groups is 2. The summed E-state index contributed by atoms with van der Waals surface area (Å²) in [5.41, 5.74) is 3.85. The number of carbonyl (C=O) groups excluding carboxylic acids is 2. The molecule has 0 bridgehead atoms. The first-order valence-electron chi connectivity index (χ1n) is 11.2. The van der Waals surface area contributed by atoms with Crippen LogP contribution in [0.1, 0.15) is 26.3 Å². The fourth-order valence-electron chi connectivity index (χ4n) is 3.96. The van der Waals surface area contributed by atoms with E-state index in [1.165, 1.54) is 0 Å². The van der Waals surface area contributed by atoms with Crippen LogP contribution < -0.4 is 15.5 Å². The van der Waals surface area contributed by atoms with Crippen LogP contribution in [-0.2, 0) is 11.3 Å². The monoisotopic (exact) mass is 455 g/mol. The van der Waals surface area contributed by atoms with Gasteiger partial charge in [0.1, 0.15) is 0 Å². The van der Waals surface area contributed by atoms with Crippen LogP contribution >= 0.6 is 0 Å². The van der Waals surface area contributed by atoms with E-state index in [2.05, 4.69) is 25.7 Å². The number of aromatic nitrogens is 2. The minimum Gasteiger partial charge on any atom is -0.378 e. The molecule has 8 heteroatoms. The Hall–Kier alpha value is -4.17. The van der Waals surface area contributed by atoms with Gasteiger partial charge in [-0.1, -0.05) is 30.3 Å². The average Bonchev–Trinajstić information content (AvgIpc) is 3.30. The van der Waals surface area contributed by atoms with E-state index < -0.39 is 0 Å². The summed E-state index contributed by atoms with van der Waals surface area (Å²) >= 11 is 0. The molecule has 0 atom stereocenters. The molecular weight excluding hydrogens is 430 g/mol. The number of H-pyrrole nitrogens is 1. The molecule has 0 aliphatic carbocycles. The van der Waals surface area contributed by atoms with Gasteiger partial charge in [0.15, 0.2) is 5.82 Å². The molecule has 1 aromatic heterocycles. The van der Waals surface area contributed by atoms with Gasteiger partial charge >= 0.3 is 0 Å². The van der Waals surface area contributed by atoms with Gasteiger partial charge in [-0.2, -0.15) is 5.10 Å². The number of anilines is 2. The Morgan fingerprint density at radius 2 is 1.65 bits per heavy atom. The highest BCUT2D eigenvalue weighted by Gasteiger charge is 2.15. The smallest absolute Gasteiger partial charge is 0.256 e. The summed E-state index contributed by atoms with van der Waals surface area (Å²) < 4.78 is 5.39. The second-order valence-corrected chi connectivity index (χ2v) is 8.10. The lowest BCUT2D eigenvalue weighted by molar-refractivity contribution is 0.0950. The van der Waals surface area contributed by atoms with Crippen LogP contribution in [-0.4, -0.2) is 48.3 Å². The fourth-order valence-corrected chi connectivity index (χ4v) is 3.96. The number of benzene rings is 3. The van der Waals surface area contributed by atoms with E-state index in [1.807, 2.05) is 42.5 Å². The second-order valence-electron chi connectivity index (χ2n) is 8.10. The summed E-state index contributed by atoms with van der Waals surface area (Å²) in [5, 5.41) is 13.6. The molecule has 4 aromatic rings. The lowest BCUT2D eigenvalue weighted by Gasteiger charge is -2.28. The highest BCUT2D eigenvalue weighted by atomic mass is 16.5.